The van der Waals surface area contributed by atoms with Gasteiger partial charge in [-0.25, -0.2) is 4.79 Å². The number of methoxy groups -OCH3 is 1. The molecule has 24 heavy (non-hydrogen) atoms. The Hall–Kier alpha value is -1.86. The molecule has 0 atom stereocenters. The fourth-order valence-electron chi connectivity index (χ4n) is 2.06. The molecule has 8 heteroatoms. The van der Waals surface area contributed by atoms with Gasteiger partial charge in [0.2, 0.25) is 5.91 Å². The summed E-state index contributed by atoms with van der Waals surface area (Å²) in [6, 6.07) is 3.31. The number of esters is 1. The third-order valence-electron chi connectivity index (χ3n) is 3.52. The summed E-state index contributed by atoms with van der Waals surface area (Å²) in [5, 5.41) is 2.97. The molecule has 1 saturated carbocycles. The van der Waals surface area contributed by atoms with E-state index in [1.807, 2.05) is 0 Å². The first kappa shape index (κ1) is 18.5. The summed E-state index contributed by atoms with van der Waals surface area (Å²) >= 11 is 9.34. The summed E-state index contributed by atoms with van der Waals surface area (Å²) in [5.74, 6) is -1.44. The van der Waals surface area contributed by atoms with Crippen LogP contribution in [0.4, 0.5) is 5.69 Å². The molecule has 0 aliphatic heterocycles. The number of carbonyl (C=O) groups excluding carboxylic acids is 3. The van der Waals surface area contributed by atoms with Crippen molar-refractivity contribution in [1.82, 2.24) is 4.90 Å². The molecular formula is C16H16BrClN2O4. The number of ether oxygens (including phenoxy) is 1. The van der Waals surface area contributed by atoms with Crippen molar-refractivity contribution >= 4 is 51.0 Å². The molecule has 0 saturated heterocycles. The Kier molecular flexibility index (Phi) is 6.01. The summed E-state index contributed by atoms with van der Waals surface area (Å²) in [5.41, 5.74) is 0.583. The van der Waals surface area contributed by atoms with Crippen molar-refractivity contribution in [2.75, 3.05) is 19.5 Å². The number of carbonyl (C=O) groups is 3. The molecule has 1 aliphatic rings. The predicted octanol–water partition coefficient (Wildman–Crippen LogP) is 3.00. The van der Waals surface area contributed by atoms with Gasteiger partial charge in [-0.2, -0.15) is 0 Å². The Bertz CT molecular complexity index is 716. The van der Waals surface area contributed by atoms with Gasteiger partial charge in [0.15, 0.2) is 0 Å². The summed E-state index contributed by atoms with van der Waals surface area (Å²) in [6.07, 6.45) is 3.96. The van der Waals surface area contributed by atoms with Gasteiger partial charge >= 0.3 is 5.97 Å². The summed E-state index contributed by atoms with van der Waals surface area (Å²) in [4.78, 5) is 37.3. The van der Waals surface area contributed by atoms with Crippen LogP contribution < -0.4 is 5.32 Å². The molecule has 1 aromatic carbocycles. The summed E-state index contributed by atoms with van der Waals surface area (Å²) < 4.78 is 4.90. The third kappa shape index (κ3) is 4.58. The van der Waals surface area contributed by atoms with E-state index in [9.17, 15) is 14.4 Å². The first-order valence-electron chi connectivity index (χ1n) is 7.16. The molecule has 1 aliphatic carbocycles. The fraction of sp³-hybridized carbons (Fsp3) is 0.312. The smallest absolute Gasteiger partial charge is 0.330 e. The summed E-state index contributed by atoms with van der Waals surface area (Å²) in [6.45, 7) is 0. The van der Waals surface area contributed by atoms with Gasteiger partial charge in [0, 0.05) is 34.7 Å². The second-order valence-corrected chi connectivity index (χ2v) is 6.59. The zero-order chi connectivity index (χ0) is 17.9. The zero-order valence-electron chi connectivity index (χ0n) is 13.1. The van der Waals surface area contributed by atoms with Gasteiger partial charge in [-0.3, -0.25) is 9.59 Å². The molecule has 2 amide bonds. The molecule has 1 fully saturated rings. The standard InChI is InChI=1S/C16H16BrClN2O4/c1-20(10-3-4-10)16(23)11-7-9(18)8-12(17)15(11)19-13(21)5-6-14(22)24-2/h5-8,10H,3-4H2,1-2H3,(H,19,21). The molecule has 2 rings (SSSR count). The number of amides is 2. The quantitative estimate of drug-likeness (QED) is 0.592. The molecular weight excluding hydrogens is 400 g/mol. The SMILES string of the molecule is COC(=O)C=CC(=O)Nc1c(Br)cc(Cl)cc1C(=O)N(C)C1CC1. The lowest BCUT2D eigenvalue weighted by molar-refractivity contribution is -0.135. The van der Waals surface area contributed by atoms with Crippen LogP contribution in [0.15, 0.2) is 28.8 Å². The van der Waals surface area contributed by atoms with E-state index in [1.165, 1.54) is 13.2 Å². The van der Waals surface area contributed by atoms with E-state index in [2.05, 4.69) is 26.0 Å². The van der Waals surface area contributed by atoms with Crippen molar-refractivity contribution in [1.29, 1.82) is 0 Å². The van der Waals surface area contributed by atoms with Crippen LogP contribution in [0.5, 0.6) is 0 Å². The Balaban J connectivity index is 2.27. The number of nitrogens with one attached hydrogen (secondary N) is 1. The molecule has 0 heterocycles. The normalized spacial score (nSPS) is 13.7. The molecule has 0 radical (unpaired) electrons. The first-order valence-corrected chi connectivity index (χ1v) is 8.33. The number of anilines is 1. The van der Waals surface area contributed by atoms with Gasteiger partial charge in [0.1, 0.15) is 0 Å². The van der Waals surface area contributed by atoms with Crippen molar-refractivity contribution in [3.63, 3.8) is 0 Å². The average molecular weight is 416 g/mol. The van der Waals surface area contributed by atoms with Gasteiger partial charge in [0.05, 0.1) is 18.4 Å². The van der Waals surface area contributed by atoms with Crippen molar-refractivity contribution in [2.24, 2.45) is 0 Å². The molecule has 1 N–H and O–H groups in total. The first-order chi connectivity index (χ1) is 11.3. The van der Waals surface area contributed by atoms with Crippen LogP contribution in [0.1, 0.15) is 23.2 Å². The largest absolute Gasteiger partial charge is 0.466 e. The maximum Gasteiger partial charge on any atom is 0.330 e. The Morgan fingerprint density at radius 3 is 2.58 bits per heavy atom. The zero-order valence-corrected chi connectivity index (χ0v) is 15.5. The number of benzene rings is 1. The minimum atomic E-state index is -0.648. The highest BCUT2D eigenvalue weighted by Gasteiger charge is 2.31. The Labute approximate surface area is 152 Å². The number of hydrogen-bond acceptors (Lipinski definition) is 4. The van der Waals surface area contributed by atoms with Crippen molar-refractivity contribution in [2.45, 2.75) is 18.9 Å². The van der Waals surface area contributed by atoms with E-state index in [0.29, 0.717) is 15.2 Å². The van der Waals surface area contributed by atoms with Gasteiger partial charge in [0.25, 0.3) is 5.91 Å². The van der Waals surface area contributed by atoms with E-state index < -0.39 is 11.9 Å². The van der Waals surface area contributed by atoms with Crippen LogP contribution in [-0.4, -0.2) is 42.9 Å². The van der Waals surface area contributed by atoms with E-state index in [1.54, 1.807) is 18.0 Å². The molecule has 0 bridgehead atoms. The van der Waals surface area contributed by atoms with Crippen LogP contribution in [0.3, 0.4) is 0 Å². The highest BCUT2D eigenvalue weighted by Crippen LogP contribution is 2.34. The number of halogens is 2. The Morgan fingerprint density at radius 2 is 2.00 bits per heavy atom. The minimum absolute atomic E-state index is 0.220. The fourth-order valence-corrected chi connectivity index (χ4v) is 2.97. The maximum absolute atomic E-state index is 12.6. The molecule has 0 spiro atoms. The van der Waals surface area contributed by atoms with Gasteiger partial charge in [-0.15, -0.1) is 0 Å². The highest BCUT2D eigenvalue weighted by molar-refractivity contribution is 9.10. The monoisotopic (exact) mass is 414 g/mol. The molecule has 1 aromatic rings. The van der Waals surface area contributed by atoms with Gasteiger partial charge in [-0.05, 0) is 40.9 Å². The molecule has 6 nitrogen and oxygen atoms in total. The summed E-state index contributed by atoms with van der Waals surface area (Å²) in [7, 11) is 2.93. The second kappa shape index (κ2) is 7.81. The molecule has 0 aromatic heterocycles. The van der Waals surface area contributed by atoms with Gasteiger partial charge < -0.3 is 15.0 Å². The number of hydrogen-bond donors (Lipinski definition) is 1. The lowest BCUT2D eigenvalue weighted by Gasteiger charge is -2.19. The number of rotatable bonds is 5. The van der Waals surface area contributed by atoms with Crippen molar-refractivity contribution < 1.29 is 19.1 Å². The topological polar surface area (TPSA) is 75.7 Å². The van der Waals surface area contributed by atoms with E-state index in [4.69, 9.17) is 11.6 Å². The van der Waals surface area contributed by atoms with Crippen LogP contribution in [0.25, 0.3) is 0 Å². The Morgan fingerprint density at radius 1 is 1.33 bits per heavy atom. The lowest BCUT2D eigenvalue weighted by atomic mass is 10.1. The van der Waals surface area contributed by atoms with E-state index >= 15 is 0 Å². The van der Waals surface area contributed by atoms with E-state index in [0.717, 1.165) is 25.0 Å². The lowest BCUT2D eigenvalue weighted by Crippen LogP contribution is -2.30. The molecule has 0 unspecified atom stereocenters. The highest BCUT2D eigenvalue weighted by atomic mass is 79.9. The average Bonchev–Trinajstić information content (AvgIpc) is 3.38. The third-order valence-corrected chi connectivity index (χ3v) is 4.36. The maximum atomic E-state index is 12.6. The van der Waals surface area contributed by atoms with E-state index in [-0.39, 0.29) is 17.5 Å². The predicted molar refractivity (Wildman–Crippen MR) is 94.1 cm³/mol. The van der Waals surface area contributed by atoms with Crippen LogP contribution in [0, 0.1) is 0 Å². The molecule has 128 valence electrons. The van der Waals surface area contributed by atoms with Crippen LogP contribution >= 0.6 is 27.5 Å². The minimum Gasteiger partial charge on any atom is -0.466 e. The second-order valence-electron chi connectivity index (χ2n) is 5.30. The van der Waals surface area contributed by atoms with Gasteiger partial charge in [-0.1, -0.05) is 11.6 Å². The number of nitrogens with zero attached hydrogens (tertiary/aromatic N) is 1. The van der Waals surface area contributed by atoms with Crippen molar-refractivity contribution in [3.8, 4) is 0 Å². The van der Waals surface area contributed by atoms with Crippen molar-refractivity contribution in [3.05, 3.63) is 39.3 Å². The van der Waals surface area contributed by atoms with Crippen LogP contribution in [-0.2, 0) is 14.3 Å². The van der Waals surface area contributed by atoms with Crippen LogP contribution in [0.2, 0.25) is 5.02 Å².